The van der Waals surface area contributed by atoms with E-state index in [1.807, 2.05) is 18.2 Å². The number of thiazole rings is 1. The van der Waals surface area contributed by atoms with Crippen LogP contribution in [0.25, 0.3) is 10.2 Å². The molecule has 0 atom stereocenters. The van der Waals surface area contributed by atoms with Crippen LogP contribution in [-0.4, -0.2) is 12.1 Å². The molecule has 0 radical (unpaired) electrons. The van der Waals surface area contributed by atoms with Crippen molar-refractivity contribution in [3.63, 3.8) is 0 Å². The fourth-order valence-corrected chi connectivity index (χ4v) is 3.25. The first-order valence-electron chi connectivity index (χ1n) is 5.82. The van der Waals surface area contributed by atoms with Gasteiger partial charge in [0.1, 0.15) is 0 Å². The van der Waals surface area contributed by atoms with Gasteiger partial charge in [0.15, 0.2) is 16.7 Å². The number of nitrogens with one attached hydrogen (secondary N) is 1. The second-order valence-corrected chi connectivity index (χ2v) is 6.05. The van der Waals surface area contributed by atoms with Crippen LogP contribution in [0.2, 0.25) is 0 Å². The van der Waals surface area contributed by atoms with Crippen LogP contribution in [-0.2, 0) is 0 Å². The van der Waals surface area contributed by atoms with Crippen LogP contribution in [0, 0.1) is 5.82 Å². The lowest BCUT2D eigenvalue weighted by Crippen LogP contribution is -1.92. The highest BCUT2D eigenvalue weighted by Crippen LogP contribution is 2.31. The lowest BCUT2D eigenvalue weighted by atomic mass is 10.3. The molecule has 3 rings (SSSR count). The first-order valence-corrected chi connectivity index (χ1v) is 7.43. The monoisotopic (exact) mass is 352 g/mol. The predicted molar refractivity (Wildman–Crippen MR) is 83.6 cm³/mol. The van der Waals surface area contributed by atoms with Crippen molar-refractivity contribution in [2.45, 2.75) is 0 Å². The molecule has 0 saturated carbocycles. The molecule has 3 nitrogen and oxygen atoms in total. The number of hydrogen-bond acceptors (Lipinski definition) is 4. The quantitative estimate of drug-likeness (QED) is 0.723. The lowest BCUT2D eigenvalue weighted by molar-refractivity contribution is 0.387. The number of aromatic nitrogens is 1. The molecule has 3 aromatic rings. The van der Waals surface area contributed by atoms with Crippen LogP contribution in [0.1, 0.15) is 0 Å². The highest BCUT2D eigenvalue weighted by Gasteiger charge is 2.07. The predicted octanol–water partition coefficient (Wildman–Crippen LogP) is 4.95. The van der Waals surface area contributed by atoms with E-state index in [4.69, 9.17) is 4.74 Å². The maximum absolute atomic E-state index is 13.3. The summed E-state index contributed by atoms with van der Waals surface area (Å²) in [5, 5.41) is 3.92. The zero-order chi connectivity index (χ0) is 14.1. The Morgan fingerprint density at radius 2 is 2.10 bits per heavy atom. The second-order valence-electron chi connectivity index (χ2n) is 4.11. The summed E-state index contributed by atoms with van der Waals surface area (Å²) in [6.07, 6.45) is 0. The molecular weight excluding hydrogens is 343 g/mol. The molecule has 1 aromatic heterocycles. The van der Waals surface area contributed by atoms with E-state index in [2.05, 4.69) is 26.2 Å². The summed E-state index contributed by atoms with van der Waals surface area (Å²) in [5.41, 5.74) is 1.66. The Morgan fingerprint density at radius 3 is 2.90 bits per heavy atom. The van der Waals surface area contributed by atoms with Gasteiger partial charge in [0.2, 0.25) is 0 Å². The van der Waals surface area contributed by atoms with Gasteiger partial charge in [0, 0.05) is 16.2 Å². The molecule has 0 unspecified atom stereocenters. The summed E-state index contributed by atoms with van der Waals surface area (Å²) >= 11 is 4.97. The van der Waals surface area contributed by atoms with Crippen molar-refractivity contribution in [3.8, 4) is 5.75 Å². The summed E-state index contributed by atoms with van der Waals surface area (Å²) in [6, 6.07) is 10.5. The molecule has 6 heteroatoms. The van der Waals surface area contributed by atoms with E-state index < -0.39 is 0 Å². The molecule has 0 saturated heterocycles. The molecular formula is C14H10BrFN2OS. The van der Waals surface area contributed by atoms with Crippen molar-refractivity contribution in [2.75, 3.05) is 12.4 Å². The number of nitrogens with zero attached hydrogens (tertiary/aromatic N) is 1. The van der Waals surface area contributed by atoms with Crippen LogP contribution in [0.5, 0.6) is 5.75 Å². The molecule has 1 heterocycles. The van der Waals surface area contributed by atoms with Gasteiger partial charge in [0.25, 0.3) is 0 Å². The van der Waals surface area contributed by atoms with Gasteiger partial charge >= 0.3 is 0 Å². The number of anilines is 2. The molecule has 0 amide bonds. The van der Waals surface area contributed by atoms with E-state index in [1.165, 1.54) is 24.5 Å². The molecule has 0 aliphatic carbocycles. The maximum atomic E-state index is 13.3. The number of fused-ring (bicyclic) bond motifs is 1. The van der Waals surface area contributed by atoms with Crippen LogP contribution in [0.3, 0.4) is 0 Å². The Hall–Kier alpha value is -1.66. The third-order valence-corrected chi connectivity index (χ3v) is 4.18. The van der Waals surface area contributed by atoms with Crippen molar-refractivity contribution in [1.29, 1.82) is 0 Å². The second kappa shape index (κ2) is 5.38. The minimum absolute atomic E-state index is 0.207. The molecule has 20 heavy (non-hydrogen) atoms. The Labute approximate surface area is 127 Å². The van der Waals surface area contributed by atoms with Gasteiger partial charge in [-0.25, -0.2) is 9.37 Å². The Morgan fingerprint density at radius 1 is 1.25 bits per heavy atom. The number of rotatable bonds is 3. The molecule has 0 bridgehead atoms. The van der Waals surface area contributed by atoms with Crippen LogP contribution in [0.4, 0.5) is 15.2 Å². The van der Waals surface area contributed by atoms with Crippen molar-refractivity contribution >= 4 is 48.3 Å². The number of methoxy groups -OCH3 is 1. The van der Waals surface area contributed by atoms with E-state index in [0.29, 0.717) is 0 Å². The van der Waals surface area contributed by atoms with Gasteiger partial charge in [-0.2, -0.15) is 0 Å². The molecule has 0 fully saturated rings. The number of benzene rings is 2. The summed E-state index contributed by atoms with van der Waals surface area (Å²) < 4.78 is 20.4. The van der Waals surface area contributed by atoms with Gasteiger partial charge in [-0.15, -0.1) is 0 Å². The fraction of sp³-hybridized carbons (Fsp3) is 0.0714. The van der Waals surface area contributed by atoms with Gasteiger partial charge < -0.3 is 10.1 Å². The molecule has 0 spiro atoms. The third-order valence-electron chi connectivity index (χ3n) is 2.75. The maximum Gasteiger partial charge on any atom is 0.188 e. The van der Waals surface area contributed by atoms with Gasteiger partial charge in [-0.05, 0) is 30.3 Å². The zero-order valence-electron chi connectivity index (χ0n) is 10.5. The first kappa shape index (κ1) is 13.3. The number of halogens is 2. The number of ether oxygens (including phenoxy) is 1. The third kappa shape index (κ3) is 2.62. The highest BCUT2D eigenvalue weighted by atomic mass is 79.9. The molecule has 0 aliphatic rings. The van der Waals surface area contributed by atoms with E-state index in [1.54, 1.807) is 12.1 Å². The van der Waals surface area contributed by atoms with Gasteiger partial charge in [-0.3, -0.25) is 0 Å². The standard InChI is InChI=1S/C14H10BrFN2OS/c1-19-12-7-9(3-4-10(12)16)17-14-18-11-5-2-8(15)6-13(11)20-14/h2-7H,1H3,(H,17,18). The fourth-order valence-electron chi connectivity index (χ4n) is 1.81. The van der Waals surface area contributed by atoms with Crippen LogP contribution in [0.15, 0.2) is 40.9 Å². The summed E-state index contributed by atoms with van der Waals surface area (Å²) in [6.45, 7) is 0. The van der Waals surface area contributed by atoms with E-state index in [-0.39, 0.29) is 11.6 Å². The summed E-state index contributed by atoms with van der Waals surface area (Å²) in [5.74, 6) is -0.176. The van der Waals surface area contributed by atoms with E-state index in [9.17, 15) is 4.39 Å². The zero-order valence-corrected chi connectivity index (χ0v) is 12.9. The normalized spacial score (nSPS) is 10.8. The SMILES string of the molecule is COc1cc(Nc2nc3ccc(Br)cc3s2)ccc1F. The summed E-state index contributed by atoms with van der Waals surface area (Å²) in [7, 11) is 1.44. The average molecular weight is 353 g/mol. The first-order chi connectivity index (χ1) is 9.65. The number of hydrogen-bond donors (Lipinski definition) is 1. The molecule has 2 aromatic carbocycles. The molecule has 1 N–H and O–H groups in total. The van der Waals surface area contributed by atoms with E-state index >= 15 is 0 Å². The minimum atomic E-state index is -0.383. The van der Waals surface area contributed by atoms with Crippen molar-refractivity contribution < 1.29 is 9.13 Å². The highest BCUT2D eigenvalue weighted by molar-refractivity contribution is 9.10. The van der Waals surface area contributed by atoms with Crippen molar-refractivity contribution in [2.24, 2.45) is 0 Å². The molecule has 102 valence electrons. The van der Waals surface area contributed by atoms with E-state index in [0.717, 1.165) is 25.5 Å². The Balaban J connectivity index is 1.92. The molecule has 0 aliphatic heterocycles. The van der Waals surface area contributed by atoms with Gasteiger partial charge in [0.05, 0.1) is 17.3 Å². The van der Waals surface area contributed by atoms with Crippen molar-refractivity contribution in [3.05, 3.63) is 46.7 Å². The van der Waals surface area contributed by atoms with Crippen LogP contribution < -0.4 is 10.1 Å². The lowest BCUT2D eigenvalue weighted by Gasteiger charge is -2.06. The minimum Gasteiger partial charge on any atom is -0.494 e. The Bertz CT molecular complexity index is 775. The summed E-state index contributed by atoms with van der Waals surface area (Å²) in [4.78, 5) is 4.48. The van der Waals surface area contributed by atoms with Crippen molar-refractivity contribution in [1.82, 2.24) is 4.98 Å². The van der Waals surface area contributed by atoms with Crippen LogP contribution >= 0.6 is 27.3 Å². The Kier molecular flexibility index (Phi) is 3.58. The average Bonchev–Trinajstić information content (AvgIpc) is 2.82. The smallest absolute Gasteiger partial charge is 0.188 e. The topological polar surface area (TPSA) is 34.1 Å². The van der Waals surface area contributed by atoms with Gasteiger partial charge in [-0.1, -0.05) is 27.3 Å². The largest absolute Gasteiger partial charge is 0.494 e.